The Hall–Kier alpha value is -2.01. The Kier molecular flexibility index (Phi) is 5.18. The molecular formula is C18H26N4O. The molecule has 0 spiro atoms. The first-order chi connectivity index (χ1) is 11.3. The molecule has 3 rings (SSSR count). The maximum atomic E-state index is 5.27. The van der Waals surface area contributed by atoms with Crippen LogP contribution in [0.5, 0.6) is 0 Å². The largest absolute Gasteiger partial charge is 0.384 e. The SMILES string of the molecule is CN=C(NCCc1c[nH]c2ccccc12)N1CCC(COC)C1. The molecule has 1 aromatic carbocycles. The third-order valence-corrected chi connectivity index (χ3v) is 4.55. The van der Waals surface area contributed by atoms with Gasteiger partial charge in [0.05, 0.1) is 6.61 Å². The summed E-state index contributed by atoms with van der Waals surface area (Å²) in [5.74, 6) is 1.62. The normalized spacial score (nSPS) is 18.8. The predicted molar refractivity (Wildman–Crippen MR) is 94.9 cm³/mol. The number of nitrogens with zero attached hydrogens (tertiary/aromatic N) is 2. The molecule has 0 amide bonds. The Morgan fingerprint density at radius 1 is 1.43 bits per heavy atom. The van der Waals surface area contributed by atoms with Gasteiger partial charge in [0.25, 0.3) is 0 Å². The van der Waals surface area contributed by atoms with Crippen molar-refractivity contribution in [1.29, 1.82) is 0 Å². The maximum Gasteiger partial charge on any atom is 0.193 e. The number of methoxy groups -OCH3 is 1. The Morgan fingerprint density at radius 3 is 3.13 bits per heavy atom. The summed E-state index contributed by atoms with van der Waals surface area (Å²) >= 11 is 0. The molecule has 5 heteroatoms. The van der Waals surface area contributed by atoms with Gasteiger partial charge in [-0.05, 0) is 24.5 Å². The van der Waals surface area contributed by atoms with Crippen LogP contribution in [0.25, 0.3) is 10.9 Å². The van der Waals surface area contributed by atoms with Crippen molar-refractivity contribution in [3.8, 4) is 0 Å². The Labute approximate surface area is 137 Å². The van der Waals surface area contributed by atoms with Crippen molar-refractivity contribution in [3.05, 3.63) is 36.0 Å². The van der Waals surface area contributed by atoms with E-state index in [-0.39, 0.29) is 0 Å². The first kappa shape index (κ1) is 15.9. The van der Waals surface area contributed by atoms with Crippen molar-refractivity contribution in [2.75, 3.05) is 40.4 Å². The Bertz CT molecular complexity index is 664. The number of hydrogen-bond acceptors (Lipinski definition) is 2. The van der Waals surface area contributed by atoms with Crippen LogP contribution in [-0.4, -0.2) is 56.2 Å². The van der Waals surface area contributed by atoms with Gasteiger partial charge in [-0.25, -0.2) is 0 Å². The van der Waals surface area contributed by atoms with Crippen LogP contribution in [0.1, 0.15) is 12.0 Å². The van der Waals surface area contributed by atoms with Gasteiger partial charge in [-0.2, -0.15) is 0 Å². The molecule has 1 aliphatic heterocycles. The number of aromatic amines is 1. The van der Waals surface area contributed by atoms with E-state index in [9.17, 15) is 0 Å². The average molecular weight is 314 g/mol. The molecule has 23 heavy (non-hydrogen) atoms. The van der Waals surface area contributed by atoms with Crippen LogP contribution < -0.4 is 5.32 Å². The van der Waals surface area contributed by atoms with Crippen LogP contribution in [0, 0.1) is 5.92 Å². The van der Waals surface area contributed by atoms with Crippen molar-refractivity contribution in [3.63, 3.8) is 0 Å². The zero-order valence-corrected chi connectivity index (χ0v) is 14.0. The van der Waals surface area contributed by atoms with E-state index in [4.69, 9.17) is 4.74 Å². The molecule has 1 unspecified atom stereocenters. The van der Waals surface area contributed by atoms with Crippen LogP contribution in [-0.2, 0) is 11.2 Å². The molecule has 1 saturated heterocycles. The molecule has 124 valence electrons. The lowest BCUT2D eigenvalue weighted by molar-refractivity contribution is 0.157. The first-order valence-corrected chi connectivity index (χ1v) is 8.31. The van der Waals surface area contributed by atoms with Gasteiger partial charge >= 0.3 is 0 Å². The van der Waals surface area contributed by atoms with E-state index >= 15 is 0 Å². The molecule has 0 saturated carbocycles. The van der Waals surface area contributed by atoms with E-state index in [1.54, 1.807) is 7.11 Å². The lowest BCUT2D eigenvalue weighted by Crippen LogP contribution is -2.41. The van der Waals surface area contributed by atoms with Crippen LogP contribution >= 0.6 is 0 Å². The second-order valence-corrected chi connectivity index (χ2v) is 6.14. The number of nitrogens with one attached hydrogen (secondary N) is 2. The minimum absolute atomic E-state index is 0.618. The smallest absolute Gasteiger partial charge is 0.193 e. The fraction of sp³-hybridized carbons (Fsp3) is 0.500. The zero-order chi connectivity index (χ0) is 16.1. The predicted octanol–water partition coefficient (Wildman–Crippen LogP) is 2.25. The lowest BCUT2D eigenvalue weighted by atomic mass is 10.1. The number of ether oxygens (including phenoxy) is 1. The number of benzene rings is 1. The molecule has 0 bridgehead atoms. The molecule has 1 atom stereocenters. The summed E-state index contributed by atoms with van der Waals surface area (Å²) < 4.78 is 5.27. The summed E-state index contributed by atoms with van der Waals surface area (Å²) in [6.45, 7) is 3.81. The maximum absolute atomic E-state index is 5.27. The summed E-state index contributed by atoms with van der Waals surface area (Å²) in [5.41, 5.74) is 2.55. The highest BCUT2D eigenvalue weighted by Gasteiger charge is 2.24. The molecule has 2 heterocycles. The standard InChI is InChI=1S/C18H26N4O/c1-19-18(22-10-8-14(12-22)13-23-2)20-9-7-15-11-21-17-6-4-3-5-16(15)17/h3-6,11,14,21H,7-10,12-13H2,1-2H3,(H,19,20). The van der Waals surface area contributed by atoms with E-state index in [1.807, 2.05) is 7.05 Å². The average Bonchev–Trinajstić information content (AvgIpc) is 3.19. The summed E-state index contributed by atoms with van der Waals surface area (Å²) in [7, 11) is 3.63. The van der Waals surface area contributed by atoms with Gasteiger partial charge in [-0.1, -0.05) is 18.2 Å². The molecule has 0 aliphatic carbocycles. The topological polar surface area (TPSA) is 52.7 Å². The van der Waals surface area contributed by atoms with Crippen LogP contribution in [0.2, 0.25) is 0 Å². The molecule has 1 aromatic heterocycles. The van der Waals surface area contributed by atoms with E-state index in [0.717, 1.165) is 38.6 Å². The number of H-pyrrole nitrogens is 1. The van der Waals surface area contributed by atoms with Gasteiger partial charge in [0.2, 0.25) is 0 Å². The number of fused-ring (bicyclic) bond motifs is 1. The number of aromatic nitrogens is 1. The van der Waals surface area contributed by atoms with Gasteiger partial charge in [0.15, 0.2) is 5.96 Å². The highest BCUT2D eigenvalue weighted by molar-refractivity contribution is 5.83. The summed E-state index contributed by atoms with van der Waals surface area (Å²) in [4.78, 5) is 10.1. The van der Waals surface area contributed by atoms with Gasteiger partial charge in [-0.15, -0.1) is 0 Å². The summed E-state index contributed by atoms with van der Waals surface area (Å²) in [5, 5.41) is 4.81. The fourth-order valence-electron chi connectivity index (χ4n) is 3.38. The minimum atomic E-state index is 0.618. The van der Waals surface area contributed by atoms with Crippen LogP contribution in [0.4, 0.5) is 0 Å². The van der Waals surface area contributed by atoms with E-state index in [0.29, 0.717) is 5.92 Å². The fourth-order valence-corrected chi connectivity index (χ4v) is 3.38. The van der Waals surface area contributed by atoms with Crippen molar-refractivity contribution in [1.82, 2.24) is 15.2 Å². The van der Waals surface area contributed by atoms with Crippen molar-refractivity contribution in [2.24, 2.45) is 10.9 Å². The number of guanidine groups is 1. The molecule has 1 aliphatic rings. The lowest BCUT2D eigenvalue weighted by Gasteiger charge is -2.21. The first-order valence-electron chi connectivity index (χ1n) is 8.31. The summed E-state index contributed by atoms with van der Waals surface area (Å²) in [6, 6.07) is 8.44. The Morgan fingerprint density at radius 2 is 2.30 bits per heavy atom. The summed E-state index contributed by atoms with van der Waals surface area (Å²) in [6.07, 6.45) is 4.27. The number of aliphatic imine (C=N–C) groups is 1. The highest BCUT2D eigenvalue weighted by Crippen LogP contribution is 2.18. The minimum Gasteiger partial charge on any atom is -0.384 e. The molecule has 5 nitrogen and oxygen atoms in total. The van der Waals surface area contributed by atoms with E-state index < -0.39 is 0 Å². The molecule has 0 radical (unpaired) electrons. The highest BCUT2D eigenvalue weighted by atomic mass is 16.5. The van der Waals surface area contributed by atoms with E-state index in [1.165, 1.54) is 22.9 Å². The second kappa shape index (κ2) is 7.51. The van der Waals surface area contributed by atoms with Crippen molar-refractivity contribution in [2.45, 2.75) is 12.8 Å². The number of likely N-dealkylation sites (tertiary alicyclic amines) is 1. The van der Waals surface area contributed by atoms with Gasteiger partial charge in [0.1, 0.15) is 0 Å². The van der Waals surface area contributed by atoms with Crippen LogP contribution in [0.3, 0.4) is 0 Å². The van der Waals surface area contributed by atoms with E-state index in [2.05, 4.69) is 50.7 Å². The zero-order valence-electron chi connectivity index (χ0n) is 14.0. The quantitative estimate of drug-likeness (QED) is 0.657. The van der Waals surface area contributed by atoms with Crippen molar-refractivity contribution >= 4 is 16.9 Å². The number of rotatable bonds is 5. The third-order valence-electron chi connectivity index (χ3n) is 4.55. The van der Waals surface area contributed by atoms with Crippen LogP contribution in [0.15, 0.2) is 35.5 Å². The number of hydrogen-bond donors (Lipinski definition) is 2. The molecule has 1 fully saturated rings. The van der Waals surface area contributed by atoms with Gasteiger partial charge in [0, 0.05) is 56.8 Å². The Balaban J connectivity index is 1.53. The molecule has 2 aromatic rings. The van der Waals surface area contributed by atoms with Gasteiger partial charge < -0.3 is 19.9 Å². The molecular weight excluding hydrogens is 288 g/mol. The number of para-hydroxylation sites is 1. The van der Waals surface area contributed by atoms with Gasteiger partial charge in [-0.3, -0.25) is 4.99 Å². The molecule has 2 N–H and O–H groups in total. The monoisotopic (exact) mass is 314 g/mol. The second-order valence-electron chi connectivity index (χ2n) is 6.14. The van der Waals surface area contributed by atoms with Crippen molar-refractivity contribution < 1.29 is 4.74 Å². The third kappa shape index (κ3) is 3.67.